The van der Waals surface area contributed by atoms with Gasteiger partial charge in [-0.25, -0.2) is 0 Å². The Morgan fingerprint density at radius 3 is 2.38 bits per heavy atom. The lowest BCUT2D eigenvalue weighted by Crippen LogP contribution is -2.50. The molecule has 0 aromatic heterocycles. The van der Waals surface area contributed by atoms with E-state index in [1.807, 2.05) is 44.2 Å². The van der Waals surface area contributed by atoms with Gasteiger partial charge in [0.15, 0.2) is 0 Å². The third kappa shape index (κ3) is 3.26. The number of para-hydroxylation sites is 1. The van der Waals surface area contributed by atoms with Gasteiger partial charge in [-0.15, -0.1) is 0 Å². The van der Waals surface area contributed by atoms with Crippen molar-refractivity contribution in [2.75, 3.05) is 18.1 Å². The molecule has 3 atom stereocenters. The first-order valence-corrected chi connectivity index (χ1v) is 8.11. The van der Waals surface area contributed by atoms with Crippen LogP contribution in [0.15, 0.2) is 35.4 Å². The van der Waals surface area contributed by atoms with E-state index in [0.717, 1.165) is 5.69 Å². The number of primary amides is 1. The van der Waals surface area contributed by atoms with E-state index in [4.69, 9.17) is 10.5 Å². The largest absolute Gasteiger partial charge is 0.372 e. The molecule has 0 saturated carbocycles. The molecule has 2 amide bonds. The highest BCUT2D eigenvalue weighted by atomic mass is 16.5. The van der Waals surface area contributed by atoms with Crippen molar-refractivity contribution in [1.29, 1.82) is 0 Å². The number of nitrogens with two attached hydrogens (primary N) is 1. The van der Waals surface area contributed by atoms with Gasteiger partial charge in [-0.2, -0.15) is 5.10 Å². The molecule has 2 aliphatic heterocycles. The molecule has 128 valence electrons. The van der Waals surface area contributed by atoms with Crippen LogP contribution in [-0.2, 0) is 14.3 Å². The van der Waals surface area contributed by atoms with Crippen LogP contribution in [0.2, 0.25) is 0 Å². The predicted molar refractivity (Wildman–Crippen MR) is 90.5 cm³/mol. The summed E-state index contributed by atoms with van der Waals surface area (Å²) in [5, 5.41) is 5.95. The molecule has 1 aromatic rings. The third-order valence-electron chi connectivity index (χ3n) is 4.21. The third-order valence-corrected chi connectivity index (χ3v) is 4.21. The standard InChI is InChI=1S/C17H22N4O3/c1-11-9-20(10-12(2)24-11)17(23)14-8-15(16(18)22)21(19-14)13-6-4-3-5-7-13/h3-7,11-12,15H,8-10H2,1-2H3,(H2,18,22)/t11-,12+,15-/m1/s1. The Morgan fingerprint density at radius 1 is 1.17 bits per heavy atom. The Hall–Kier alpha value is -2.41. The maximum absolute atomic E-state index is 12.8. The lowest BCUT2D eigenvalue weighted by atomic mass is 10.1. The van der Waals surface area contributed by atoms with Crippen LogP contribution in [-0.4, -0.2) is 53.8 Å². The van der Waals surface area contributed by atoms with Crippen molar-refractivity contribution >= 4 is 23.2 Å². The maximum atomic E-state index is 12.8. The summed E-state index contributed by atoms with van der Waals surface area (Å²) in [5.74, 6) is -0.643. The summed E-state index contributed by atoms with van der Waals surface area (Å²) in [4.78, 5) is 26.3. The zero-order valence-corrected chi connectivity index (χ0v) is 13.9. The van der Waals surface area contributed by atoms with Crippen LogP contribution in [0.25, 0.3) is 0 Å². The molecule has 0 bridgehead atoms. The summed E-state index contributed by atoms with van der Waals surface area (Å²) >= 11 is 0. The highest BCUT2D eigenvalue weighted by molar-refractivity contribution is 6.40. The lowest BCUT2D eigenvalue weighted by molar-refractivity contribution is -0.136. The minimum atomic E-state index is -0.637. The molecule has 2 heterocycles. The number of hydrazone groups is 1. The van der Waals surface area contributed by atoms with Gasteiger partial charge in [0.05, 0.1) is 17.9 Å². The monoisotopic (exact) mass is 330 g/mol. The first-order chi connectivity index (χ1) is 11.5. The molecule has 2 aliphatic rings. The minimum Gasteiger partial charge on any atom is -0.372 e. The van der Waals surface area contributed by atoms with Crippen molar-refractivity contribution in [3.05, 3.63) is 30.3 Å². The van der Waals surface area contributed by atoms with Gasteiger partial charge in [0, 0.05) is 19.5 Å². The molecule has 1 aromatic carbocycles. The molecular weight excluding hydrogens is 308 g/mol. The van der Waals surface area contributed by atoms with Crippen molar-refractivity contribution in [2.45, 2.75) is 38.5 Å². The van der Waals surface area contributed by atoms with Crippen molar-refractivity contribution < 1.29 is 14.3 Å². The number of carbonyl (C=O) groups excluding carboxylic acids is 2. The molecule has 0 spiro atoms. The number of anilines is 1. The molecule has 0 radical (unpaired) electrons. The number of hydrogen-bond donors (Lipinski definition) is 1. The van der Waals surface area contributed by atoms with Crippen molar-refractivity contribution in [3.8, 4) is 0 Å². The van der Waals surface area contributed by atoms with Crippen molar-refractivity contribution in [1.82, 2.24) is 4.90 Å². The number of ether oxygens (including phenoxy) is 1. The van der Waals surface area contributed by atoms with Gasteiger partial charge in [0.1, 0.15) is 11.8 Å². The van der Waals surface area contributed by atoms with Crippen molar-refractivity contribution in [3.63, 3.8) is 0 Å². The van der Waals surface area contributed by atoms with E-state index in [1.165, 1.54) is 0 Å². The first kappa shape index (κ1) is 16.4. The van der Waals surface area contributed by atoms with Crippen LogP contribution in [0.3, 0.4) is 0 Å². The Labute approximate surface area is 141 Å². The number of rotatable bonds is 3. The fourth-order valence-corrected chi connectivity index (χ4v) is 3.21. The van der Waals surface area contributed by atoms with Gasteiger partial charge in [-0.1, -0.05) is 18.2 Å². The molecule has 1 fully saturated rings. The Kier molecular flexibility index (Phi) is 4.53. The number of amides is 2. The van der Waals surface area contributed by atoms with Gasteiger partial charge in [0.2, 0.25) is 5.91 Å². The average Bonchev–Trinajstić information content (AvgIpc) is 2.99. The Bertz CT molecular complexity index is 651. The average molecular weight is 330 g/mol. The molecular formula is C17H22N4O3. The molecule has 3 rings (SSSR count). The van der Waals surface area contributed by atoms with Crippen LogP contribution in [0.1, 0.15) is 20.3 Å². The Balaban J connectivity index is 1.83. The first-order valence-electron chi connectivity index (χ1n) is 8.11. The van der Waals surface area contributed by atoms with Gasteiger partial charge in [-0.05, 0) is 26.0 Å². The molecule has 1 saturated heterocycles. The van der Waals surface area contributed by atoms with Gasteiger partial charge < -0.3 is 15.4 Å². The highest BCUT2D eigenvalue weighted by Crippen LogP contribution is 2.25. The summed E-state index contributed by atoms with van der Waals surface area (Å²) in [7, 11) is 0. The smallest absolute Gasteiger partial charge is 0.270 e. The van der Waals surface area contributed by atoms with E-state index in [-0.39, 0.29) is 24.5 Å². The van der Waals surface area contributed by atoms with E-state index in [0.29, 0.717) is 18.8 Å². The van der Waals surface area contributed by atoms with Crippen LogP contribution in [0.5, 0.6) is 0 Å². The number of hydrogen-bond acceptors (Lipinski definition) is 5. The number of nitrogens with zero attached hydrogens (tertiary/aromatic N) is 3. The zero-order chi connectivity index (χ0) is 17.3. The fourth-order valence-electron chi connectivity index (χ4n) is 3.21. The van der Waals surface area contributed by atoms with Crippen LogP contribution in [0, 0.1) is 0 Å². The van der Waals surface area contributed by atoms with E-state index >= 15 is 0 Å². The second-order valence-electron chi connectivity index (χ2n) is 6.32. The zero-order valence-electron chi connectivity index (χ0n) is 13.9. The summed E-state index contributed by atoms with van der Waals surface area (Å²) in [5.41, 5.74) is 6.62. The SMILES string of the molecule is C[C@@H]1CN(C(=O)C2=NN(c3ccccc3)[C@@H](C(N)=O)C2)C[C@H](C)O1. The second kappa shape index (κ2) is 6.60. The number of morpholine rings is 1. The quantitative estimate of drug-likeness (QED) is 0.885. The summed E-state index contributed by atoms with van der Waals surface area (Å²) < 4.78 is 5.66. The van der Waals surface area contributed by atoms with Crippen molar-refractivity contribution in [2.24, 2.45) is 10.8 Å². The van der Waals surface area contributed by atoms with Crippen LogP contribution < -0.4 is 10.7 Å². The van der Waals surface area contributed by atoms with Gasteiger partial charge in [0.25, 0.3) is 5.91 Å². The predicted octanol–water partition coefficient (Wildman–Crippen LogP) is 0.742. The summed E-state index contributed by atoms with van der Waals surface area (Å²) in [6.07, 6.45) is 0.192. The van der Waals surface area contributed by atoms with E-state index in [1.54, 1.807) is 9.91 Å². The number of carbonyl (C=O) groups is 2. The highest BCUT2D eigenvalue weighted by Gasteiger charge is 2.37. The minimum absolute atomic E-state index is 0.0168. The number of benzene rings is 1. The lowest BCUT2D eigenvalue weighted by Gasteiger charge is -2.35. The van der Waals surface area contributed by atoms with Crippen LogP contribution in [0.4, 0.5) is 5.69 Å². The van der Waals surface area contributed by atoms with Gasteiger partial charge >= 0.3 is 0 Å². The van der Waals surface area contributed by atoms with E-state index in [2.05, 4.69) is 5.10 Å². The molecule has 7 nitrogen and oxygen atoms in total. The second-order valence-corrected chi connectivity index (χ2v) is 6.32. The molecule has 7 heteroatoms. The summed E-state index contributed by atoms with van der Waals surface area (Å²) in [6, 6.07) is 8.63. The topological polar surface area (TPSA) is 88.2 Å². The molecule has 2 N–H and O–H groups in total. The van der Waals surface area contributed by atoms with Crippen LogP contribution >= 0.6 is 0 Å². The maximum Gasteiger partial charge on any atom is 0.270 e. The molecule has 24 heavy (non-hydrogen) atoms. The normalized spacial score (nSPS) is 27.1. The summed E-state index contributed by atoms with van der Waals surface area (Å²) in [6.45, 7) is 4.92. The molecule has 0 unspecified atom stereocenters. The van der Waals surface area contributed by atoms with E-state index in [9.17, 15) is 9.59 Å². The molecule has 0 aliphatic carbocycles. The Morgan fingerprint density at radius 2 is 1.79 bits per heavy atom. The van der Waals surface area contributed by atoms with Gasteiger partial charge in [-0.3, -0.25) is 14.6 Å². The fraction of sp³-hybridized carbons (Fsp3) is 0.471. The van der Waals surface area contributed by atoms with E-state index < -0.39 is 11.9 Å².